The van der Waals surface area contributed by atoms with Crippen LogP contribution >= 0.6 is 47.8 Å². The number of hydrogen-bond acceptors (Lipinski definition) is 6. The largest absolute Gasteiger partial charge is 0.493 e. The minimum Gasteiger partial charge on any atom is -0.493 e. The number of benzene rings is 2. The Balaban J connectivity index is 2.16. The minimum atomic E-state index is -1.11. The standard InChI is InChI=1S/C23H22Br3N3O5/c1-5-11(2)21-28-16-7-6-14(24)9-15(16)22(30)29(21)27-10-13-8-17(33-4)20(19(26)18(13)25)34-12(3)23(31)32/h6-12H,5H2,1-4H3,(H,31,32)/t11-,12-/m0/s1. The maximum Gasteiger partial charge on any atom is 0.344 e. The summed E-state index contributed by atoms with van der Waals surface area (Å²) in [5.74, 6) is -0.0224. The van der Waals surface area contributed by atoms with Gasteiger partial charge >= 0.3 is 5.97 Å². The summed E-state index contributed by atoms with van der Waals surface area (Å²) in [4.78, 5) is 29.3. The van der Waals surface area contributed by atoms with Gasteiger partial charge in [0.1, 0.15) is 5.82 Å². The first-order valence-electron chi connectivity index (χ1n) is 10.3. The quantitative estimate of drug-likeness (QED) is 0.300. The van der Waals surface area contributed by atoms with Gasteiger partial charge in [-0.05, 0) is 69.5 Å². The molecule has 2 aromatic carbocycles. The zero-order valence-corrected chi connectivity index (χ0v) is 23.6. The fourth-order valence-electron chi connectivity index (χ4n) is 3.09. The smallest absolute Gasteiger partial charge is 0.344 e. The SMILES string of the molecule is CC[C@H](C)c1nc2ccc(Br)cc2c(=O)n1N=Cc1cc(OC)c(O[C@@H](C)C(=O)O)c(Br)c1Br. The van der Waals surface area contributed by atoms with Crippen LogP contribution in [0.5, 0.6) is 11.5 Å². The van der Waals surface area contributed by atoms with Gasteiger partial charge in [0.25, 0.3) is 5.56 Å². The van der Waals surface area contributed by atoms with Gasteiger partial charge in [0.2, 0.25) is 0 Å². The zero-order chi connectivity index (χ0) is 25.2. The molecule has 0 bridgehead atoms. The van der Waals surface area contributed by atoms with E-state index in [1.54, 1.807) is 18.2 Å². The van der Waals surface area contributed by atoms with Crippen LogP contribution in [0.25, 0.3) is 10.9 Å². The van der Waals surface area contributed by atoms with Gasteiger partial charge < -0.3 is 14.6 Å². The van der Waals surface area contributed by atoms with Crippen molar-refractivity contribution in [2.75, 3.05) is 7.11 Å². The molecule has 0 unspecified atom stereocenters. The molecule has 0 saturated heterocycles. The van der Waals surface area contributed by atoms with Crippen LogP contribution in [0.15, 0.2) is 47.6 Å². The third-order valence-electron chi connectivity index (χ3n) is 5.22. The van der Waals surface area contributed by atoms with Crippen LogP contribution in [0.2, 0.25) is 0 Å². The Morgan fingerprint density at radius 1 is 1.24 bits per heavy atom. The van der Waals surface area contributed by atoms with Gasteiger partial charge in [-0.2, -0.15) is 9.78 Å². The monoisotopic (exact) mass is 657 g/mol. The molecule has 34 heavy (non-hydrogen) atoms. The molecule has 0 radical (unpaired) electrons. The molecular formula is C23H22Br3N3O5. The summed E-state index contributed by atoms with van der Waals surface area (Å²) in [7, 11) is 1.45. The molecule has 3 aromatic rings. The Kier molecular flexibility index (Phi) is 8.53. The van der Waals surface area contributed by atoms with Crippen LogP contribution in [-0.4, -0.2) is 40.2 Å². The minimum absolute atomic E-state index is 0.00380. The van der Waals surface area contributed by atoms with Gasteiger partial charge in [-0.25, -0.2) is 9.78 Å². The zero-order valence-electron chi connectivity index (χ0n) is 18.8. The van der Waals surface area contributed by atoms with Crippen molar-refractivity contribution in [3.8, 4) is 11.5 Å². The van der Waals surface area contributed by atoms with E-state index in [-0.39, 0.29) is 17.2 Å². The molecule has 0 amide bonds. The second-order valence-corrected chi connectivity index (χ2v) is 10.0. The highest BCUT2D eigenvalue weighted by Crippen LogP contribution is 2.42. The third-order valence-corrected chi connectivity index (χ3v) is 7.85. The van der Waals surface area contributed by atoms with Crippen molar-refractivity contribution in [3.05, 3.63) is 59.4 Å². The van der Waals surface area contributed by atoms with Gasteiger partial charge in [-0.3, -0.25) is 4.79 Å². The van der Waals surface area contributed by atoms with Gasteiger partial charge in [0, 0.05) is 20.4 Å². The second-order valence-electron chi connectivity index (χ2n) is 7.53. The highest BCUT2D eigenvalue weighted by Gasteiger charge is 2.22. The van der Waals surface area contributed by atoms with Gasteiger partial charge in [0.15, 0.2) is 17.6 Å². The number of carboxylic acid groups (broad SMARTS) is 1. The number of carboxylic acids is 1. The molecule has 0 saturated carbocycles. The second kappa shape index (κ2) is 11.0. The Labute approximate surface area is 221 Å². The van der Waals surface area contributed by atoms with Crippen LogP contribution in [0.3, 0.4) is 0 Å². The first kappa shape index (κ1) is 26.4. The highest BCUT2D eigenvalue weighted by molar-refractivity contribution is 9.13. The normalized spacial score (nSPS) is 13.3. The Morgan fingerprint density at radius 2 is 1.94 bits per heavy atom. The molecule has 0 aliphatic rings. The molecule has 180 valence electrons. The molecular weight excluding hydrogens is 638 g/mol. The molecule has 8 nitrogen and oxygen atoms in total. The molecule has 1 heterocycles. The van der Waals surface area contributed by atoms with Crippen molar-refractivity contribution in [1.82, 2.24) is 9.66 Å². The van der Waals surface area contributed by atoms with E-state index in [1.807, 2.05) is 19.9 Å². The first-order valence-corrected chi connectivity index (χ1v) is 12.7. The molecule has 11 heteroatoms. The van der Waals surface area contributed by atoms with Crippen LogP contribution in [-0.2, 0) is 4.79 Å². The van der Waals surface area contributed by atoms with E-state index in [0.29, 0.717) is 37.0 Å². The van der Waals surface area contributed by atoms with Gasteiger partial charge in [-0.1, -0.05) is 29.8 Å². The molecule has 0 fully saturated rings. The molecule has 0 aliphatic heterocycles. The lowest BCUT2D eigenvalue weighted by Gasteiger charge is -2.17. The van der Waals surface area contributed by atoms with Gasteiger partial charge in [-0.15, -0.1) is 0 Å². The predicted molar refractivity (Wildman–Crippen MR) is 142 cm³/mol. The number of methoxy groups -OCH3 is 1. The molecule has 0 aliphatic carbocycles. The average molecular weight is 660 g/mol. The number of rotatable bonds is 8. The number of nitrogens with zero attached hydrogens (tertiary/aromatic N) is 3. The van der Waals surface area contributed by atoms with E-state index in [2.05, 4.69) is 52.9 Å². The van der Waals surface area contributed by atoms with Crippen molar-refractivity contribution < 1.29 is 19.4 Å². The van der Waals surface area contributed by atoms with E-state index >= 15 is 0 Å². The lowest BCUT2D eigenvalue weighted by molar-refractivity contribution is -0.144. The first-order chi connectivity index (χ1) is 16.1. The fourth-order valence-corrected chi connectivity index (χ4v) is 4.36. The summed E-state index contributed by atoms with van der Waals surface area (Å²) in [5, 5.41) is 14.1. The molecule has 0 spiro atoms. The topological polar surface area (TPSA) is 103 Å². The molecule has 1 N–H and O–H groups in total. The van der Waals surface area contributed by atoms with Crippen molar-refractivity contribution in [2.24, 2.45) is 5.10 Å². The number of hydrogen-bond donors (Lipinski definition) is 1. The number of carbonyl (C=O) groups is 1. The van der Waals surface area contributed by atoms with Crippen molar-refractivity contribution in [2.45, 2.75) is 39.2 Å². The molecule has 3 rings (SSSR count). The predicted octanol–water partition coefficient (Wildman–Crippen LogP) is 5.94. The summed E-state index contributed by atoms with van der Waals surface area (Å²) in [6, 6.07) is 7.01. The van der Waals surface area contributed by atoms with Crippen LogP contribution < -0.4 is 15.0 Å². The summed E-state index contributed by atoms with van der Waals surface area (Å²) >= 11 is 10.3. The van der Waals surface area contributed by atoms with Crippen LogP contribution in [0, 0.1) is 0 Å². The van der Waals surface area contributed by atoms with Crippen molar-refractivity contribution in [1.29, 1.82) is 0 Å². The summed E-state index contributed by atoms with van der Waals surface area (Å²) in [5.41, 5.74) is 0.903. The van der Waals surface area contributed by atoms with E-state index in [1.165, 1.54) is 24.9 Å². The maximum absolute atomic E-state index is 13.3. The summed E-state index contributed by atoms with van der Waals surface area (Å²) in [6.07, 6.45) is 1.21. The molecule has 2 atom stereocenters. The lowest BCUT2D eigenvalue weighted by atomic mass is 10.1. The Morgan fingerprint density at radius 3 is 2.56 bits per heavy atom. The number of aromatic nitrogens is 2. The van der Waals surface area contributed by atoms with Crippen LogP contribution in [0.4, 0.5) is 0 Å². The summed E-state index contributed by atoms with van der Waals surface area (Å²) in [6.45, 7) is 5.43. The number of fused-ring (bicyclic) bond motifs is 1. The summed E-state index contributed by atoms with van der Waals surface area (Å²) < 4.78 is 14.1. The number of halogens is 3. The van der Waals surface area contributed by atoms with E-state index < -0.39 is 12.1 Å². The maximum atomic E-state index is 13.3. The third kappa shape index (κ3) is 5.36. The number of ether oxygens (including phenoxy) is 2. The van der Waals surface area contributed by atoms with Crippen molar-refractivity contribution >= 4 is 70.9 Å². The number of aliphatic carboxylic acids is 1. The average Bonchev–Trinajstić information content (AvgIpc) is 2.81. The Bertz CT molecular complexity index is 1340. The van der Waals surface area contributed by atoms with Crippen LogP contribution in [0.1, 0.15) is 44.5 Å². The van der Waals surface area contributed by atoms with E-state index in [0.717, 1.165) is 10.9 Å². The Hall–Kier alpha value is -2.24. The van der Waals surface area contributed by atoms with E-state index in [9.17, 15) is 14.7 Å². The lowest BCUT2D eigenvalue weighted by Crippen LogP contribution is -2.24. The fraction of sp³-hybridized carbons (Fsp3) is 0.304. The highest BCUT2D eigenvalue weighted by atomic mass is 79.9. The van der Waals surface area contributed by atoms with Gasteiger partial charge in [0.05, 0.1) is 28.7 Å². The van der Waals surface area contributed by atoms with E-state index in [4.69, 9.17) is 14.5 Å². The molecule has 1 aromatic heterocycles. The van der Waals surface area contributed by atoms with Crippen molar-refractivity contribution in [3.63, 3.8) is 0 Å².